The molecule has 0 bridgehead atoms. The summed E-state index contributed by atoms with van der Waals surface area (Å²) in [6.45, 7) is 5.25. The van der Waals surface area contributed by atoms with Crippen molar-refractivity contribution in [2.45, 2.75) is 26.3 Å². The predicted octanol–water partition coefficient (Wildman–Crippen LogP) is 1.52. The zero-order valence-corrected chi connectivity index (χ0v) is 14.5. The fraction of sp³-hybridized carbons (Fsp3) is 0.556. The van der Waals surface area contributed by atoms with E-state index in [1.165, 1.54) is 6.92 Å². The molecule has 0 saturated carbocycles. The van der Waals surface area contributed by atoms with Gasteiger partial charge in [0.25, 0.3) is 0 Å². The summed E-state index contributed by atoms with van der Waals surface area (Å²) in [5.74, 6) is 1.93. The maximum absolute atomic E-state index is 12.3. The van der Waals surface area contributed by atoms with Crippen molar-refractivity contribution < 1.29 is 19.1 Å². The molecule has 0 atom stereocenters. The van der Waals surface area contributed by atoms with Crippen LogP contribution < -0.4 is 20.1 Å². The summed E-state index contributed by atoms with van der Waals surface area (Å²) in [5, 5.41) is 5.81. The van der Waals surface area contributed by atoms with Crippen LogP contribution in [0.3, 0.4) is 0 Å². The highest BCUT2D eigenvalue weighted by Crippen LogP contribution is 2.30. The summed E-state index contributed by atoms with van der Waals surface area (Å²) in [7, 11) is 0. The lowest BCUT2D eigenvalue weighted by atomic mass is 9.97. The van der Waals surface area contributed by atoms with Crippen molar-refractivity contribution in [2.24, 2.45) is 5.92 Å². The minimum Gasteiger partial charge on any atom is -0.486 e. The molecule has 25 heavy (non-hydrogen) atoms. The van der Waals surface area contributed by atoms with Crippen molar-refractivity contribution in [1.82, 2.24) is 15.5 Å². The molecule has 136 valence electrons. The van der Waals surface area contributed by atoms with Gasteiger partial charge in [-0.3, -0.25) is 4.79 Å². The van der Waals surface area contributed by atoms with Crippen LogP contribution in [0.4, 0.5) is 4.79 Å². The molecular weight excluding hydrogens is 322 g/mol. The van der Waals surface area contributed by atoms with Crippen LogP contribution in [0.15, 0.2) is 18.2 Å². The molecule has 0 aliphatic carbocycles. The summed E-state index contributed by atoms with van der Waals surface area (Å²) in [4.78, 5) is 25.1. The van der Waals surface area contributed by atoms with Gasteiger partial charge in [0.1, 0.15) is 13.2 Å². The lowest BCUT2D eigenvalue weighted by Crippen LogP contribution is -2.45. The summed E-state index contributed by atoms with van der Waals surface area (Å²) >= 11 is 0. The number of hydrogen-bond donors (Lipinski definition) is 2. The number of benzene rings is 1. The summed E-state index contributed by atoms with van der Waals surface area (Å²) in [6.07, 6.45) is 1.83. The minimum atomic E-state index is -0.0483. The molecule has 0 aromatic heterocycles. The molecule has 0 unspecified atom stereocenters. The van der Waals surface area contributed by atoms with E-state index in [-0.39, 0.29) is 11.9 Å². The highest BCUT2D eigenvalue weighted by Gasteiger charge is 2.22. The van der Waals surface area contributed by atoms with Crippen LogP contribution in [0.2, 0.25) is 0 Å². The van der Waals surface area contributed by atoms with Crippen LogP contribution in [0.1, 0.15) is 25.3 Å². The molecule has 0 spiro atoms. The standard InChI is InChI=1S/C18H25N3O4/c1-13(22)19-11-14-4-6-21(7-5-14)18(23)20-12-15-2-3-16-17(10-15)25-9-8-24-16/h2-3,10,14H,4-9,11-12H2,1H3,(H,19,22)(H,20,23). The van der Waals surface area contributed by atoms with Crippen LogP contribution in [0, 0.1) is 5.92 Å². The number of amides is 3. The number of nitrogens with zero attached hydrogens (tertiary/aromatic N) is 1. The van der Waals surface area contributed by atoms with E-state index in [9.17, 15) is 9.59 Å². The van der Waals surface area contributed by atoms with Crippen LogP contribution >= 0.6 is 0 Å². The van der Waals surface area contributed by atoms with E-state index < -0.39 is 0 Å². The zero-order valence-electron chi connectivity index (χ0n) is 14.5. The molecule has 2 aliphatic rings. The van der Waals surface area contributed by atoms with Crippen LogP contribution in [-0.4, -0.2) is 49.7 Å². The molecule has 3 amide bonds. The Labute approximate surface area is 147 Å². The summed E-state index contributed by atoms with van der Waals surface area (Å²) in [6, 6.07) is 5.68. The molecule has 2 heterocycles. The Morgan fingerprint density at radius 3 is 2.56 bits per heavy atom. The van der Waals surface area contributed by atoms with Crippen LogP contribution in [0.5, 0.6) is 11.5 Å². The average molecular weight is 347 g/mol. The maximum atomic E-state index is 12.3. The first-order chi connectivity index (χ1) is 12.1. The molecule has 0 radical (unpaired) electrons. The molecule has 2 aliphatic heterocycles. The Morgan fingerprint density at radius 2 is 1.84 bits per heavy atom. The van der Waals surface area contributed by atoms with Gasteiger partial charge in [0.2, 0.25) is 5.91 Å². The van der Waals surface area contributed by atoms with Gasteiger partial charge in [0.05, 0.1) is 0 Å². The third-order valence-corrected chi connectivity index (χ3v) is 4.59. The number of urea groups is 1. The third kappa shape index (κ3) is 4.78. The largest absolute Gasteiger partial charge is 0.486 e. The van der Waals surface area contributed by atoms with Gasteiger partial charge < -0.3 is 25.0 Å². The van der Waals surface area contributed by atoms with E-state index in [1.807, 2.05) is 23.1 Å². The average Bonchev–Trinajstić information content (AvgIpc) is 2.64. The number of carbonyl (C=O) groups excluding carboxylic acids is 2. The van der Waals surface area contributed by atoms with Gasteiger partial charge >= 0.3 is 6.03 Å². The first kappa shape index (κ1) is 17.4. The Balaban J connectivity index is 1.43. The first-order valence-electron chi connectivity index (χ1n) is 8.77. The van der Waals surface area contributed by atoms with Crippen LogP contribution in [0.25, 0.3) is 0 Å². The molecule has 7 heteroatoms. The fourth-order valence-corrected chi connectivity index (χ4v) is 3.12. The molecule has 1 aromatic rings. The second-order valence-corrected chi connectivity index (χ2v) is 6.50. The second kappa shape index (κ2) is 8.09. The van der Waals surface area contributed by atoms with E-state index >= 15 is 0 Å². The molecule has 7 nitrogen and oxygen atoms in total. The Kier molecular flexibility index (Phi) is 5.63. The number of carbonyl (C=O) groups is 2. The molecule has 3 rings (SSSR count). The van der Waals surface area contributed by atoms with E-state index in [0.717, 1.165) is 43.0 Å². The Morgan fingerprint density at radius 1 is 1.12 bits per heavy atom. The first-order valence-corrected chi connectivity index (χ1v) is 8.77. The lowest BCUT2D eigenvalue weighted by Gasteiger charge is -2.32. The number of rotatable bonds is 4. The molecular formula is C18H25N3O4. The van der Waals surface area contributed by atoms with Gasteiger partial charge in [-0.1, -0.05) is 6.07 Å². The van der Waals surface area contributed by atoms with E-state index in [1.54, 1.807) is 0 Å². The van der Waals surface area contributed by atoms with E-state index in [4.69, 9.17) is 9.47 Å². The number of piperidine rings is 1. The smallest absolute Gasteiger partial charge is 0.317 e. The van der Waals surface area contributed by atoms with Gasteiger partial charge in [-0.25, -0.2) is 4.79 Å². The van der Waals surface area contributed by atoms with Crippen molar-refractivity contribution in [3.63, 3.8) is 0 Å². The maximum Gasteiger partial charge on any atom is 0.317 e. The van der Waals surface area contributed by atoms with Crippen LogP contribution in [-0.2, 0) is 11.3 Å². The monoisotopic (exact) mass is 347 g/mol. The van der Waals surface area contributed by atoms with Crippen molar-refractivity contribution in [3.8, 4) is 11.5 Å². The van der Waals surface area contributed by atoms with Gasteiger partial charge in [0, 0.05) is 33.1 Å². The SMILES string of the molecule is CC(=O)NCC1CCN(C(=O)NCc2ccc3c(c2)OCCO3)CC1. The summed E-state index contributed by atoms with van der Waals surface area (Å²) in [5.41, 5.74) is 0.984. The van der Waals surface area contributed by atoms with Gasteiger partial charge in [-0.15, -0.1) is 0 Å². The number of ether oxygens (including phenoxy) is 2. The van der Waals surface area contributed by atoms with Crippen molar-refractivity contribution in [2.75, 3.05) is 32.8 Å². The normalized spacial score (nSPS) is 17.1. The topological polar surface area (TPSA) is 79.9 Å². The lowest BCUT2D eigenvalue weighted by molar-refractivity contribution is -0.119. The molecule has 1 aromatic carbocycles. The molecule has 1 saturated heterocycles. The highest BCUT2D eigenvalue weighted by atomic mass is 16.6. The van der Waals surface area contributed by atoms with Gasteiger partial charge in [-0.05, 0) is 36.5 Å². The molecule has 2 N–H and O–H groups in total. The number of fused-ring (bicyclic) bond motifs is 1. The van der Waals surface area contributed by atoms with Crippen molar-refractivity contribution in [3.05, 3.63) is 23.8 Å². The quantitative estimate of drug-likeness (QED) is 0.865. The number of likely N-dealkylation sites (tertiary alicyclic amines) is 1. The molecule has 1 fully saturated rings. The van der Waals surface area contributed by atoms with E-state index in [2.05, 4.69) is 10.6 Å². The van der Waals surface area contributed by atoms with Gasteiger partial charge in [0.15, 0.2) is 11.5 Å². The Hall–Kier alpha value is -2.44. The van der Waals surface area contributed by atoms with E-state index in [0.29, 0.717) is 32.2 Å². The van der Waals surface area contributed by atoms with Gasteiger partial charge in [-0.2, -0.15) is 0 Å². The predicted molar refractivity (Wildman–Crippen MR) is 92.6 cm³/mol. The van der Waals surface area contributed by atoms with Crippen molar-refractivity contribution in [1.29, 1.82) is 0 Å². The van der Waals surface area contributed by atoms with Crippen molar-refractivity contribution >= 4 is 11.9 Å². The zero-order chi connectivity index (χ0) is 17.6. The number of hydrogen-bond acceptors (Lipinski definition) is 4. The Bertz CT molecular complexity index is 627. The highest BCUT2D eigenvalue weighted by molar-refractivity contribution is 5.74. The number of nitrogens with one attached hydrogen (secondary N) is 2. The summed E-state index contributed by atoms with van der Waals surface area (Å²) < 4.78 is 11.1. The minimum absolute atomic E-state index is 0.000369. The fourth-order valence-electron chi connectivity index (χ4n) is 3.12. The third-order valence-electron chi connectivity index (χ3n) is 4.59. The second-order valence-electron chi connectivity index (χ2n) is 6.50.